The van der Waals surface area contributed by atoms with E-state index in [-0.39, 0.29) is 11.7 Å². The maximum Gasteiger partial charge on any atom is 0.0899 e. The van der Waals surface area contributed by atoms with Gasteiger partial charge in [0.05, 0.1) is 11.7 Å². The third-order valence-electron chi connectivity index (χ3n) is 4.67. The molecule has 0 spiro atoms. The number of ether oxygens (including phenoxy) is 1. The number of aliphatic hydroxyl groups is 1. The van der Waals surface area contributed by atoms with Gasteiger partial charge in [-0.1, -0.05) is 75.8 Å². The summed E-state index contributed by atoms with van der Waals surface area (Å²) in [5.74, 6) is 0. The van der Waals surface area contributed by atoms with Crippen LogP contribution in [0.5, 0.6) is 0 Å². The summed E-state index contributed by atoms with van der Waals surface area (Å²) in [5, 5.41) is 9.93. The first-order chi connectivity index (χ1) is 10.6. The summed E-state index contributed by atoms with van der Waals surface area (Å²) in [7, 11) is 1.80. The molecule has 0 aliphatic heterocycles. The molecule has 22 heavy (non-hydrogen) atoms. The minimum absolute atomic E-state index is 0.102. The molecule has 0 amide bonds. The summed E-state index contributed by atoms with van der Waals surface area (Å²) in [4.78, 5) is 0. The van der Waals surface area contributed by atoms with Crippen LogP contribution < -0.4 is 0 Å². The molecule has 0 aliphatic carbocycles. The average molecular weight is 306 g/mol. The molecule has 0 aliphatic rings. The Hall–Kier alpha value is -0.860. The summed E-state index contributed by atoms with van der Waals surface area (Å²) >= 11 is 0. The van der Waals surface area contributed by atoms with E-state index >= 15 is 0 Å². The number of unbranched alkanes of at least 4 members (excludes halogenated alkanes) is 4. The molecule has 0 aromatic heterocycles. The van der Waals surface area contributed by atoms with Crippen LogP contribution in [0.1, 0.15) is 77.2 Å². The van der Waals surface area contributed by atoms with Crippen molar-refractivity contribution in [3.05, 3.63) is 35.9 Å². The first kappa shape index (κ1) is 19.2. The molecule has 0 fully saturated rings. The third kappa shape index (κ3) is 6.93. The van der Waals surface area contributed by atoms with E-state index in [0.717, 1.165) is 44.9 Å². The topological polar surface area (TPSA) is 29.5 Å². The normalized spacial score (nSPS) is 15.5. The van der Waals surface area contributed by atoms with Gasteiger partial charge in [-0.2, -0.15) is 0 Å². The molecule has 0 radical (unpaired) electrons. The smallest absolute Gasteiger partial charge is 0.0899 e. The lowest BCUT2D eigenvalue weighted by Crippen LogP contribution is -2.24. The van der Waals surface area contributed by atoms with Gasteiger partial charge in [0.2, 0.25) is 0 Å². The largest absolute Gasteiger partial charge is 0.393 e. The van der Waals surface area contributed by atoms with Crippen LogP contribution in [-0.2, 0) is 10.3 Å². The second-order valence-electron chi connectivity index (χ2n) is 6.55. The molecular weight excluding hydrogens is 272 g/mol. The van der Waals surface area contributed by atoms with E-state index in [2.05, 4.69) is 38.1 Å². The summed E-state index contributed by atoms with van der Waals surface area (Å²) in [5.41, 5.74) is 1.05. The Balaban J connectivity index is 2.22. The van der Waals surface area contributed by atoms with Crippen molar-refractivity contribution >= 4 is 0 Å². The van der Waals surface area contributed by atoms with E-state index in [1.807, 2.05) is 6.07 Å². The molecule has 126 valence electrons. The number of aliphatic hydroxyl groups excluding tert-OH is 1. The highest BCUT2D eigenvalue weighted by molar-refractivity contribution is 5.21. The van der Waals surface area contributed by atoms with E-state index in [1.165, 1.54) is 18.4 Å². The maximum absolute atomic E-state index is 9.93. The Morgan fingerprint density at radius 2 is 1.64 bits per heavy atom. The van der Waals surface area contributed by atoms with Crippen molar-refractivity contribution < 1.29 is 9.84 Å². The predicted octanol–water partition coefficient (Wildman–Crippen LogP) is 5.44. The van der Waals surface area contributed by atoms with Crippen LogP contribution in [0.25, 0.3) is 0 Å². The monoisotopic (exact) mass is 306 g/mol. The molecule has 1 aromatic carbocycles. The quantitative estimate of drug-likeness (QED) is 0.521. The number of benzene rings is 1. The maximum atomic E-state index is 9.93. The lowest BCUT2D eigenvalue weighted by atomic mass is 9.89. The Kier molecular flexibility index (Phi) is 9.42. The van der Waals surface area contributed by atoms with E-state index < -0.39 is 0 Å². The van der Waals surface area contributed by atoms with E-state index in [9.17, 15) is 5.11 Å². The zero-order valence-corrected chi connectivity index (χ0v) is 14.7. The van der Waals surface area contributed by atoms with Crippen LogP contribution in [-0.4, -0.2) is 18.3 Å². The Morgan fingerprint density at radius 1 is 1.00 bits per heavy atom. The molecule has 0 saturated carbocycles. The van der Waals surface area contributed by atoms with Crippen molar-refractivity contribution in [3.63, 3.8) is 0 Å². The van der Waals surface area contributed by atoms with Crippen molar-refractivity contribution in [2.24, 2.45) is 0 Å². The molecule has 1 aromatic rings. The van der Waals surface area contributed by atoms with Gasteiger partial charge in [0.15, 0.2) is 0 Å². The molecule has 1 N–H and O–H groups in total. The Morgan fingerprint density at radius 3 is 2.23 bits per heavy atom. The number of hydrogen-bond donors (Lipinski definition) is 1. The zero-order valence-electron chi connectivity index (χ0n) is 14.7. The molecule has 2 nitrogen and oxygen atoms in total. The second-order valence-corrected chi connectivity index (χ2v) is 6.55. The van der Waals surface area contributed by atoms with E-state index in [1.54, 1.807) is 7.11 Å². The summed E-state index contributed by atoms with van der Waals surface area (Å²) in [6.45, 7) is 4.37. The van der Waals surface area contributed by atoms with Crippen LogP contribution in [0.15, 0.2) is 30.3 Å². The third-order valence-corrected chi connectivity index (χ3v) is 4.67. The molecule has 2 unspecified atom stereocenters. The van der Waals surface area contributed by atoms with Crippen LogP contribution in [0.3, 0.4) is 0 Å². The van der Waals surface area contributed by atoms with Gasteiger partial charge < -0.3 is 9.84 Å². The highest BCUT2D eigenvalue weighted by Crippen LogP contribution is 2.30. The lowest BCUT2D eigenvalue weighted by Gasteiger charge is -2.29. The van der Waals surface area contributed by atoms with Crippen molar-refractivity contribution in [2.45, 2.75) is 83.3 Å². The van der Waals surface area contributed by atoms with Crippen LogP contribution in [0, 0.1) is 0 Å². The van der Waals surface area contributed by atoms with E-state index in [4.69, 9.17) is 4.74 Å². The Bertz CT molecular complexity index is 377. The van der Waals surface area contributed by atoms with Crippen molar-refractivity contribution in [1.29, 1.82) is 0 Å². The predicted molar refractivity (Wildman–Crippen MR) is 94.0 cm³/mol. The number of methoxy groups -OCH3 is 1. The average Bonchev–Trinajstić information content (AvgIpc) is 2.55. The van der Waals surface area contributed by atoms with Gasteiger partial charge in [0.1, 0.15) is 0 Å². The standard InChI is InChI=1S/C20H34O2/c1-4-5-8-15-19(21)16-11-7-12-17-20(2,22-3)18-13-9-6-10-14-18/h6,9-10,13-14,19,21H,4-5,7-8,11-12,15-17H2,1-3H3. The second kappa shape index (κ2) is 10.8. The van der Waals surface area contributed by atoms with Crippen molar-refractivity contribution in [3.8, 4) is 0 Å². The molecule has 2 atom stereocenters. The van der Waals surface area contributed by atoms with Gasteiger partial charge in [0, 0.05) is 7.11 Å². The summed E-state index contributed by atoms with van der Waals surface area (Å²) in [6.07, 6.45) is 9.87. The number of hydrogen-bond acceptors (Lipinski definition) is 2. The first-order valence-corrected chi connectivity index (χ1v) is 8.91. The minimum atomic E-state index is -0.193. The van der Waals surface area contributed by atoms with Crippen molar-refractivity contribution in [1.82, 2.24) is 0 Å². The van der Waals surface area contributed by atoms with E-state index in [0.29, 0.717) is 0 Å². The molecule has 0 heterocycles. The summed E-state index contributed by atoms with van der Waals surface area (Å²) < 4.78 is 5.77. The van der Waals surface area contributed by atoms with Gasteiger partial charge in [-0.05, 0) is 31.7 Å². The van der Waals surface area contributed by atoms with Gasteiger partial charge in [-0.25, -0.2) is 0 Å². The SMILES string of the molecule is CCCCCC(O)CCCCCC(C)(OC)c1ccccc1. The zero-order chi connectivity index (χ0) is 16.3. The first-order valence-electron chi connectivity index (χ1n) is 8.91. The molecule has 2 heteroatoms. The fourth-order valence-corrected chi connectivity index (χ4v) is 2.95. The lowest BCUT2D eigenvalue weighted by molar-refractivity contribution is -0.00776. The molecule has 0 bridgehead atoms. The van der Waals surface area contributed by atoms with Gasteiger partial charge in [-0.3, -0.25) is 0 Å². The van der Waals surface area contributed by atoms with Gasteiger partial charge in [0.25, 0.3) is 0 Å². The van der Waals surface area contributed by atoms with Crippen LogP contribution >= 0.6 is 0 Å². The Labute approximate surface area is 136 Å². The molecule has 1 rings (SSSR count). The number of rotatable bonds is 12. The fourth-order valence-electron chi connectivity index (χ4n) is 2.95. The van der Waals surface area contributed by atoms with Crippen LogP contribution in [0.4, 0.5) is 0 Å². The van der Waals surface area contributed by atoms with Crippen LogP contribution in [0.2, 0.25) is 0 Å². The van der Waals surface area contributed by atoms with Crippen molar-refractivity contribution in [2.75, 3.05) is 7.11 Å². The minimum Gasteiger partial charge on any atom is -0.393 e. The summed E-state index contributed by atoms with van der Waals surface area (Å²) in [6, 6.07) is 10.5. The molecular formula is C20H34O2. The fraction of sp³-hybridized carbons (Fsp3) is 0.700. The highest BCUT2D eigenvalue weighted by atomic mass is 16.5. The highest BCUT2D eigenvalue weighted by Gasteiger charge is 2.25. The van der Waals surface area contributed by atoms with Gasteiger partial charge >= 0.3 is 0 Å². The molecule has 0 saturated heterocycles. The van der Waals surface area contributed by atoms with Gasteiger partial charge in [-0.15, -0.1) is 0 Å².